The van der Waals surface area contributed by atoms with Crippen LogP contribution >= 0.6 is 11.3 Å². The second kappa shape index (κ2) is 6.74. The molecule has 27 heavy (non-hydrogen) atoms. The highest BCUT2D eigenvalue weighted by Crippen LogP contribution is 2.40. The van der Waals surface area contributed by atoms with Crippen LogP contribution in [0.25, 0.3) is 10.2 Å². The lowest BCUT2D eigenvalue weighted by Crippen LogP contribution is -2.08. The Morgan fingerprint density at radius 2 is 1.85 bits per heavy atom. The number of ether oxygens (including phenoxy) is 1. The Bertz CT molecular complexity index is 1050. The van der Waals surface area contributed by atoms with Crippen molar-refractivity contribution in [3.8, 4) is 5.75 Å². The first-order valence-corrected chi connectivity index (χ1v) is 9.61. The minimum absolute atomic E-state index is 0.150. The number of carbonyl (C=O) groups excluding carboxylic acids is 2. The average Bonchev–Trinajstić information content (AvgIpc) is 3.40. The first-order valence-electron chi connectivity index (χ1n) is 8.80. The van der Waals surface area contributed by atoms with Gasteiger partial charge < -0.3 is 10.1 Å². The fourth-order valence-electron chi connectivity index (χ4n) is 3.04. The van der Waals surface area contributed by atoms with Gasteiger partial charge in [0.05, 0.1) is 5.69 Å². The Kier molecular flexibility index (Phi) is 4.39. The Morgan fingerprint density at radius 3 is 2.48 bits per heavy atom. The highest BCUT2D eigenvalue weighted by atomic mass is 32.1. The largest absolute Gasteiger partial charge is 0.422 e. The molecule has 1 saturated carbocycles. The van der Waals surface area contributed by atoms with Crippen LogP contribution in [0.5, 0.6) is 5.75 Å². The number of hydrogen-bond acceptors (Lipinski definition) is 6. The summed E-state index contributed by atoms with van der Waals surface area (Å²) >= 11 is 1.35. The summed E-state index contributed by atoms with van der Waals surface area (Å²) in [6.45, 7) is 5.31. The van der Waals surface area contributed by atoms with Crippen molar-refractivity contribution in [1.29, 1.82) is 0 Å². The Balaban J connectivity index is 1.59. The third kappa shape index (κ3) is 3.55. The van der Waals surface area contributed by atoms with E-state index in [4.69, 9.17) is 4.74 Å². The van der Waals surface area contributed by atoms with Gasteiger partial charge in [0, 0.05) is 23.9 Å². The van der Waals surface area contributed by atoms with Crippen LogP contribution in [0.2, 0.25) is 0 Å². The van der Waals surface area contributed by atoms with E-state index < -0.39 is 5.97 Å². The molecule has 7 heteroatoms. The van der Waals surface area contributed by atoms with Gasteiger partial charge in [0.2, 0.25) is 5.91 Å². The lowest BCUT2D eigenvalue weighted by atomic mass is 10.1. The lowest BCUT2D eigenvalue weighted by Gasteiger charge is -2.06. The van der Waals surface area contributed by atoms with Gasteiger partial charge in [-0.2, -0.15) is 0 Å². The van der Waals surface area contributed by atoms with E-state index in [1.165, 1.54) is 18.3 Å². The van der Waals surface area contributed by atoms with Crippen molar-refractivity contribution in [1.82, 2.24) is 9.97 Å². The van der Waals surface area contributed by atoms with E-state index in [0.717, 1.165) is 40.1 Å². The minimum atomic E-state index is -0.407. The molecule has 1 aliphatic carbocycles. The van der Waals surface area contributed by atoms with Crippen LogP contribution in [0.1, 0.15) is 52.4 Å². The molecule has 0 spiro atoms. The van der Waals surface area contributed by atoms with Crippen LogP contribution in [0, 0.1) is 13.8 Å². The SMILES string of the molecule is CC(=O)Nc1ccc(OC(=O)c2sc3nc(C4CC4)nc(C)c3c2C)cc1. The molecule has 0 unspecified atom stereocenters. The summed E-state index contributed by atoms with van der Waals surface area (Å²) in [5, 5.41) is 3.62. The molecule has 3 aromatic rings. The predicted molar refractivity (Wildman–Crippen MR) is 105 cm³/mol. The van der Waals surface area contributed by atoms with Gasteiger partial charge in [-0.1, -0.05) is 0 Å². The van der Waals surface area contributed by atoms with Crippen molar-refractivity contribution < 1.29 is 14.3 Å². The third-order valence-corrected chi connectivity index (χ3v) is 5.67. The number of aromatic nitrogens is 2. The van der Waals surface area contributed by atoms with Gasteiger partial charge in [-0.05, 0) is 56.5 Å². The molecule has 2 aromatic heterocycles. The summed E-state index contributed by atoms with van der Waals surface area (Å²) in [6.07, 6.45) is 2.28. The molecule has 4 rings (SSSR count). The molecule has 1 amide bonds. The van der Waals surface area contributed by atoms with E-state index in [1.807, 2.05) is 13.8 Å². The molecule has 0 saturated heterocycles. The number of fused-ring (bicyclic) bond motifs is 1. The monoisotopic (exact) mass is 381 g/mol. The summed E-state index contributed by atoms with van der Waals surface area (Å²) in [5.74, 6) is 1.22. The molecule has 0 radical (unpaired) electrons. The molecule has 1 aromatic carbocycles. The van der Waals surface area contributed by atoms with Gasteiger partial charge in [-0.3, -0.25) is 4.79 Å². The summed E-state index contributed by atoms with van der Waals surface area (Å²) in [4.78, 5) is 34.4. The molecule has 6 nitrogen and oxygen atoms in total. The zero-order valence-electron chi connectivity index (χ0n) is 15.3. The first kappa shape index (κ1) is 17.6. The van der Waals surface area contributed by atoms with Crippen LogP contribution in [-0.2, 0) is 4.79 Å². The van der Waals surface area contributed by atoms with Gasteiger partial charge in [0.15, 0.2) is 0 Å². The van der Waals surface area contributed by atoms with E-state index in [9.17, 15) is 9.59 Å². The summed E-state index contributed by atoms with van der Waals surface area (Å²) in [7, 11) is 0. The van der Waals surface area contributed by atoms with Crippen LogP contribution in [-0.4, -0.2) is 21.8 Å². The number of rotatable bonds is 4. The number of carbonyl (C=O) groups is 2. The van der Waals surface area contributed by atoms with Gasteiger partial charge in [-0.25, -0.2) is 14.8 Å². The molecule has 0 bridgehead atoms. The van der Waals surface area contributed by atoms with E-state index in [-0.39, 0.29) is 5.91 Å². The fourth-order valence-corrected chi connectivity index (χ4v) is 4.16. The highest BCUT2D eigenvalue weighted by molar-refractivity contribution is 7.20. The molecular formula is C20H19N3O3S. The molecule has 138 valence electrons. The van der Waals surface area contributed by atoms with Crippen LogP contribution in [0.3, 0.4) is 0 Å². The Morgan fingerprint density at radius 1 is 1.15 bits per heavy atom. The van der Waals surface area contributed by atoms with E-state index >= 15 is 0 Å². The lowest BCUT2D eigenvalue weighted by molar-refractivity contribution is -0.114. The molecule has 1 aliphatic rings. The zero-order valence-corrected chi connectivity index (χ0v) is 16.1. The van der Waals surface area contributed by atoms with E-state index in [0.29, 0.717) is 22.2 Å². The number of aryl methyl sites for hydroxylation is 2. The quantitative estimate of drug-likeness (QED) is 0.536. The maximum atomic E-state index is 12.7. The minimum Gasteiger partial charge on any atom is -0.422 e. The van der Waals surface area contributed by atoms with Gasteiger partial charge in [-0.15, -0.1) is 11.3 Å². The number of thiophene rings is 1. The molecule has 0 atom stereocenters. The highest BCUT2D eigenvalue weighted by Gasteiger charge is 2.28. The molecule has 2 heterocycles. The number of benzene rings is 1. The van der Waals surface area contributed by atoms with Crippen LogP contribution in [0.15, 0.2) is 24.3 Å². The number of nitrogens with one attached hydrogen (secondary N) is 1. The van der Waals surface area contributed by atoms with E-state index in [1.54, 1.807) is 24.3 Å². The van der Waals surface area contributed by atoms with Gasteiger partial charge in [0.25, 0.3) is 0 Å². The fraction of sp³-hybridized carbons (Fsp3) is 0.300. The smallest absolute Gasteiger partial charge is 0.354 e. The van der Waals surface area contributed by atoms with Gasteiger partial charge >= 0.3 is 5.97 Å². The molecule has 1 N–H and O–H groups in total. The summed E-state index contributed by atoms with van der Waals surface area (Å²) < 4.78 is 5.51. The van der Waals surface area contributed by atoms with Gasteiger partial charge in [0.1, 0.15) is 21.3 Å². The Hall–Kier alpha value is -2.80. The van der Waals surface area contributed by atoms with E-state index in [2.05, 4.69) is 15.3 Å². The second-order valence-corrected chi connectivity index (χ2v) is 7.77. The summed E-state index contributed by atoms with van der Waals surface area (Å²) in [6, 6.07) is 6.70. The number of hydrogen-bond donors (Lipinski definition) is 1. The topological polar surface area (TPSA) is 81.2 Å². The molecular weight excluding hydrogens is 362 g/mol. The molecule has 0 aliphatic heterocycles. The standard InChI is InChI=1S/C20H19N3O3S/c1-10-16-11(2)21-18(13-4-5-13)23-19(16)27-17(10)20(25)26-15-8-6-14(7-9-15)22-12(3)24/h6-9,13H,4-5H2,1-3H3,(H,22,24). The van der Waals surface area contributed by atoms with Crippen molar-refractivity contribution in [3.63, 3.8) is 0 Å². The third-order valence-electron chi connectivity index (χ3n) is 4.50. The second-order valence-electron chi connectivity index (χ2n) is 6.77. The van der Waals surface area contributed by atoms with Crippen molar-refractivity contribution in [2.45, 2.75) is 39.5 Å². The van der Waals surface area contributed by atoms with Crippen molar-refractivity contribution in [2.75, 3.05) is 5.32 Å². The summed E-state index contributed by atoms with van der Waals surface area (Å²) in [5.41, 5.74) is 2.42. The molecule has 1 fully saturated rings. The maximum absolute atomic E-state index is 12.7. The number of amides is 1. The zero-order chi connectivity index (χ0) is 19.1. The number of nitrogens with zero attached hydrogens (tertiary/aromatic N) is 2. The van der Waals surface area contributed by atoms with Crippen LogP contribution in [0.4, 0.5) is 5.69 Å². The first-order chi connectivity index (χ1) is 12.9. The average molecular weight is 381 g/mol. The maximum Gasteiger partial charge on any atom is 0.354 e. The predicted octanol–water partition coefficient (Wildman–Crippen LogP) is 4.36. The number of esters is 1. The number of anilines is 1. The normalized spacial score (nSPS) is 13.6. The van der Waals surface area contributed by atoms with Crippen molar-refractivity contribution in [3.05, 3.63) is 46.2 Å². The van der Waals surface area contributed by atoms with Crippen LogP contribution < -0.4 is 10.1 Å². The Labute approximate surface area is 160 Å². The van der Waals surface area contributed by atoms with Crippen molar-refractivity contribution >= 4 is 39.1 Å². The van der Waals surface area contributed by atoms with Crippen molar-refractivity contribution in [2.24, 2.45) is 0 Å².